The molecule has 1 heterocycles. The van der Waals surface area contributed by atoms with Gasteiger partial charge in [0.2, 0.25) is 8.32 Å². The van der Waals surface area contributed by atoms with E-state index < -0.39 is 69.9 Å². The minimum atomic E-state index is -2.13. The number of hydrogen-bond donors (Lipinski definition) is 0. The lowest BCUT2D eigenvalue weighted by atomic mass is 9.99. The number of rotatable bonds is 10. The van der Waals surface area contributed by atoms with Crippen molar-refractivity contribution >= 4 is 39.2 Å². The molecule has 1 saturated heterocycles. The van der Waals surface area contributed by atoms with Gasteiger partial charge in [-0.05, 0) is 85.5 Å². The maximum atomic E-state index is 13.3. The van der Waals surface area contributed by atoms with Crippen LogP contribution < -0.4 is 0 Å². The summed E-state index contributed by atoms with van der Waals surface area (Å²) in [7, 11) is -8.20. The van der Waals surface area contributed by atoms with Crippen LogP contribution in [0.5, 0.6) is 0 Å². The van der Waals surface area contributed by atoms with Crippen LogP contribution in [0.3, 0.4) is 0 Å². The SMILES string of the molecule is CCOC1OC(C(=O)O[Si](C)(C)C)C(O[Si](C)(C)C)C(O[Si](C)(C)C)C1O[Si](C)(C)C. The van der Waals surface area contributed by atoms with Crippen molar-refractivity contribution in [3.8, 4) is 0 Å². The van der Waals surface area contributed by atoms with Crippen molar-refractivity contribution in [3.63, 3.8) is 0 Å². The topological polar surface area (TPSA) is 72.5 Å². The van der Waals surface area contributed by atoms with E-state index in [1.807, 2.05) is 26.6 Å². The molecule has 31 heavy (non-hydrogen) atoms. The van der Waals surface area contributed by atoms with Crippen LogP contribution in [-0.2, 0) is 32.0 Å². The maximum absolute atomic E-state index is 13.3. The highest BCUT2D eigenvalue weighted by Crippen LogP contribution is 2.34. The second-order valence-corrected chi connectivity index (χ2v) is 29.8. The van der Waals surface area contributed by atoms with E-state index in [9.17, 15) is 4.79 Å². The third-order valence-corrected chi connectivity index (χ3v) is 7.69. The first-order chi connectivity index (χ1) is 13.7. The summed E-state index contributed by atoms with van der Waals surface area (Å²) in [5.41, 5.74) is 0. The Kier molecular flexibility index (Phi) is 9.97. The van der Waals surface area contributed by atoms with Crippen LogP contribution in [0, 0.1) is 0 Å². The first-order valence-corrected chi connectivity index (χ1v) is 24.9. The molecule has 0 aromatic rings. The molecule has 184 valence electrons. The molecule has 11 heteroatoms. The van der Waals surface area contributed by atoms with Crippen molar-refractivity contribution in [2.45, 2.75) is 116 Å². The smallest absolute Gasteiger partial charge is 0.324 e. The Balaban J connectivity index is 3.51. The first-order valence-electron chi connectivity index (χ1n) is 11.3. The Morgan fingerprint density at radius 1 is 0.677 bits per heavy atom. The molecule has 0 aliphatic carbocycles. The maximum Gasteiger partial charge on any atom is 0.324 e. The lowest BCUT2D eigenvalue weighted by Crippen LogP contribution is -2.67. The zero-order valence-electron chi connectivity index (χ0n) is 22.0. The van der Waals surface area contributed by atoms with E-state index in [4.69, 9.17) is 27.2 Å². The molecular formula is C20H46O7Si4. The monoisotopic (exact) mass is 510 g/mol. The zero-order chi connectivity index (χ0) is 24.4. The van der Waals surface area contributed by atoms with Crippen molar-refractivity contribution in [1.29, 1.82) is 0 Å². The second kappa shape index (κ2) is 10.6. The summed E-state index contributed by atoms with van der Waals surface area (Å²) in [5.74, 6) is -0.400. The highest BCUT2D eigenvalue weighted by molar-refractivity contribution is 6.71. The molecule has 1 fully saturated rings. The van der Waals surface area contributed by atoms with Crippen LogP contribution >= 0.6 is 0 Å². The summed E-state index contributed by atoms with van der Waals surface area (Å²) in [4.78, 5) is 13.3. The summed E-state index contributed by atoms with van der Waals surface area (Å²) in [6.07, 6.45) is -3.21. The Morgan fingerprint density at radius 3 is 1.48 bits per heavy atom. The van der Waals surface area contributed by atoms with Crippen LogP contribution in [0.25, 0.3) is 0 Å². The third-order valence-electron chi connectivity index (χ3n) is 3.93. The van der Waals surface area contributed by atoms with Crippen LogP contribution in [0.15, 0.2) is 0 Å². The molecular weight excluding hydrogens is 465 g/mol. The molecule has 5 atom stereocenters. The Labute approximate surface area is 194 Å². The standard InChI is InChI=1S/C20H46O7Si4/c1-14-22-20-18(26-30(8,9)10)16(25-29(5,6)7)15(24-28(2,3)4)17(23-20)19(21)27-31(11,12)13/h15-18,20H,14H2,1-13H3. The summed E-state index contributed by atoms with van der Waals surface area (Å²) >= 11 is 0. The second-order valence-electron chi connectivity index (χ2n) is 12.0. The number of hydrogen-bond acceptors (Lipinski definition) is 7. The Hall–Kier alpha value is 0.138. The lowest BCUT2D eigenvalue weighted by Gasteiger charge is -2.50. The van der Waals surface area contributed by atoms with Crippen LogP contribution in [0.4, 0.5) is 0 Å². The van der Waals surface area contributed by atoms with Crippen molar-refractivity contribution < 1.29 is 32.0 Å². The Morgan fingerprint density at radius 2 is 1.10 bits per heavy atom. The van der Waals surface area contributed by atoms with Gasteiger partial charge < -0.3 is 27.2 Å². The predicted octanol–water partition coefficient (Wildman–Crippen LogP) is 4.79. The summed E-state index contributed by atoms with van der Waals surface area (Å²) in [6, 6.07) is 0. The van der Waals surface area contributed by atoms with Gasteiger partial charge in [-0.25, -0.2) is 0 Å². The molecule has 0 N–H and O–H groups in total. The summed E-state index contributed by atoms with van der Waals surface area (Å²) in [5, 5.41) is 0. The van der Waals surface area contributed by atoms with Crippen molar-refractivity contribution in [2.75, 3.05) is 6.61 Å². The molecule has 0 aromatic heterocycles. The predicted molar refractivity (Wildman–Crippen MR) is 134 cm³/mol. The zero-order valence-corrected chi connectivity index (χ0v) is 26.0. The highest BCUT2D eigenvalue weighted by atomic mass is 28.4. The van der Waals surface area contributed by atoms with Gasteiger partial charge in [0.05, 0.1) is 0 Å². The summed E-state index contributed by atoms with van der Waals surface area (Å²) < 4.78 is 37.8. The molecule has 1 aliphatic rings. The molecule has 0 bridgehead atoms. The summed E-state index contributed by atoms with van der Waals surface area (Å²) in [6.45, 7) is 27.4. The van der Waals surface area contributed by atoms with Gasteiger partial charge in [-0.3, -0.25) is 4.79 Å². The van der Waals surface area contributed by atoms with Crippen molar-refractivity contribution in [3.05, 3.63) is 0 Å². The van der Waals surface area contributed by atoms with Crippen LogP contribution in [-0.4, -0.2) is 76.6 Å². The van der Waals surface area contributed by atoms with E-state index in [1.54, 1.807) is 0 Å². The van der Waals surface area contributed by atoms with E-state index in [-0.39, 0.29) is 0 Å². The molecule has 0 saturated carbocycles. The largest absolute Gasteiger partial charge is 0.518 e. The average Bonchev–Trinajstić information content (AvgIpc) is 2.47. The minimum absolute atomic E-state index is 0.400. The van der Waals surface area contributed by atoms with E-state index in [1.165, 1.54) is 0 Å². The van der Waals surface area contributed by atoms with E-state index >= 15 is 0 Å². The molecule has 0 amide bonds. The van der Waals surface area contributed by atoms with Gasteiger partial charge in [0.25, 0.3) is 0 Å². The lowest BCUT2D eigenvalue weighted by molar-refractivity contribution is -0.283. The molecule has 0 aromatic carbocycles. The van der Waals surface area contributed by atoms with Crippen molar-refractivity contribution in [1.82, 2.24) is 0 Å². The molecule has 5 unspecified atom stereocenters. The van der Waals surface area contributed by atoms with E-state index in [2.05, 4.69) is 58.9 Å². The fraction of sp³-hybridized carbons (Fsp3) is 0.950. The minimum Gasteiger partial charge on any atom is -0.518 e. The highest BCUT2D eigenvalue weighted by Gasteiger charge is 2.54. The third kappa shape index (κ3) is 10.7. The molecule has 0 radical (unpaired) electrons. The van der Waals surface area contributed by atoms with Gasteiger partial charge in [0.15, 0.2) is 37.3 Å². The number of carbonyl (C=O) groups is 1. The number of carbonyl (C=O) groups excluding carboxylic acids is 1. The van der Waals surface area contributed by atoms with Crippen LogP contribution in [0.1, 0.15) is 6.92 Å². The van der Waals surface area contributed by atoms with Gasteiger partial charge in [-0.15, -0.1) is 0 Å². The van der Waals surface area contributed by atoms with Crippen molar-refractivity contribution in [2.24, 2.45) is 0 Å². The Bertz CT molecular complexity index is 590. The van der Waals surface area contributed by atoms with Gasteiger partial charge in [0, 0.05) is 6.61 Å². The quantitative estimate of drug-likeness (QED) is 0.391. The fourth-order valence-corrected chi connectivity index (χ4v) is 7.21. The number of ether oxygens (including phenoxy) is 2. The molecule has 0 spiro atoms. The molecule has 1 aliphatic heterocycles. The first kappa shape index (κ1) is 29.2. The van der Waals surface area contributed by atoms with E-state index in [0.29, 0.717) is 6.61 Å². The van der Waals surface area contributed by atoms with Gasteiger partial charge >= 0.3 is 5.97 Å². The fourth-order valence-electron chi connectivity index (χ4n) is 3.27. The average molecular weight is 511 g/mol. The van der Waals surface area contributed by atoms with Gasteiger partial charge in [-0.1, -0.05) is 0 Å². The molecule has 1 rings (SSSR count). The van der Waals surface area contributed by atoms with Crippen LogP contribution in [0.2, 0.25) is 78.6 Å². The van der Waals surface area contributed by atoms with Gasteiger partial charge in [-0.2, -0.15) is 0 Å². The molecule has 7 nitrogen and oxygen atoms in total. The van der Waals surface area contributed by atoms with E-state index in [0.717, 1.165) is 0 Å². The normalized spacial score (nSPS) is 28.5. The van der Waals surface area contributed by atoms with Gasteiger partial charge in [0.1, 0.15) is 18.3 Å².